The molecule has 0 saturated carbocycles. The fourth-order valence-electron chi connectivity index (χ4n) is 2.94. The molecular formula is C23H21NO3S. The Labute approximate surface area is 168 Å². The first-order chi connectivity index (χ1) is 13.4. The Kier molecular flexibility index (Phi) is 5.81. The van der Waals surface area contributed by atoms with Crippen LogP contribution in [-0.4, -0.2) is 12.6 Å². The van der Waals surface area contributed by atoms with E-state index in [1.165, 1.54) is 11.3 Å². The Morgan fingerprint density at radius 2 is 2.04 bits per heavy atom. The summed E-state index contributed by atoms with van der Waals surface area (Å²) in [4.78, 5) is 14.0. The van der Waals surface area contributed by atoms with Crippen molar-refractivity contribution in [3.8, 4) is 17.4 Å². The summed E-state index contributed by atoms with van der Waals surface area (Å²) in [5, 5.41) is 9.73. The number of rotatable bonds is 5. The molecule has 0 spiro atoms. The number of furan rings is 1. The zero-order valence-corrected chi connectivity index (χ0v) is 17.1. The van der Waals surface area contributed by atoms with Gasteiger partial charge >= 0.3 is 5.97 Å². The molecule has 2 aromatic heterocycles. The molecule has 0 aliphatic heterocycles. The van der Waals surface area contributed by atoms with Gasteiger partial charge in [-0.05, 0) is 51.5 Å². The number of ether oxygens (including phenoxy) is 1. The van der Waals surface area contributed by atoms with Crippen LogP contribution < -0.4 is 0 Å². The van der Waals surface area contributed by atoms with Crippen molar-refractivity contribution in [1.29, 1.82) is 5.26 Å². The molecule has 0 atom stereocenters. The summed E-state index contributed by atoms with van der Waals surface area (Å²) in [6, 6.07) is 13.9. The monoisotopic (exact) mass is 391 g/mol. The summed E-state index contributed by atoms with van der Waals surface area (Å²) in [5.41, 5.74) is 3.82. The van der Waals surface area contributed by atoms with Crippen molar-refractivity contribution in [2.75, 3.05) is 6.61 Å². The van der Waals surface area contributed by atoms with E-state index < -0.39 is 5.97 Å². The van der Waals surface area contributed by atoms with Crippen LogP contribution in [0.4, 0.5) is 0 Å². The van der Waals surface area contributed by atoms with Gasteiger partial charge < -0.3 is 9.15 Å². The summed E-state index contributed by atoms with van der Waals surface area (Å²) in [6.45, 7) is 7.89. The molecule has 5 heteroatoms. The minimum Gasteiger partial charge on any atom is -0.462 e. The van der Waals surface area contributed by atoms with Crippen molar-refractivity contribution in [2.24, 2.45) is 0 Å². The number of carbonyl (C=O) groups is 1. The SMILES string of the molecule is CCOC(=O)c1c(C(C#N)=Cc2ccc(-c3cccc(C)c3)o2)sc(C)c1C. The van der Waals surface area contributed by atoms with Gasteiger partial charge in [0.15, 0.2) is 0 Å². The van der Waals surface area contributed by atoms with Crippen LogP contribution in [-0.2, 0) is 4.74 Å². The second-order valence-corrected chi connectivity index (χ2v) is 7.67. The third-order valence-electron chi connectivity index (χ3n) is 4.45. The topological polar surface area (TPSA) is 63.2 Å². The average Bonchev–Trinajstić information content (AvgIpc) is 3.25. The zero-order chi connectivity index (χ0) is 20.3. The molecule has 1 aromatic carbocycles. The summed E-state index contributed by atoms with van der Waals surface area (Å²) >= 11 is 1.42. The second kappa shape index (κ2) is 8.28. The third-order valence-corrected chi connectivity index (χ3v) is 5.69. The molecule has 0 aliphatic carbocycles. The fraction of sp³-hybridized carbons (Fsp3) is 0.217. The number of hydrogen-bond donors (Lipinski definition) is 0. The molecule has 0 saturated heterocycles. The summed E-state index contributed by atoms with van der Waals surface area (Å²) in [7, 11) is 0. The van der Waals surface area contributed by atoms with E-state index in [-0.39, 0.29) is 6.61 Å². The molecule has 0 N–H and O–H groups in total. The number of allylic oxidation sites excluding steroid dienone is 1. The van der Waals surface area contributed by atoms with E-state index in [4.69, 9.17) is 9.15 Å². The first kappa shape index (κ1) is 19.7. The van der Waals surface area contributed by atoms with Crippen LogP contribution in [0.5, 0.6) is 0 Å². The van der Waals surface area contributed by atoms with Crippen LogP contribution in [0.1, 0.15) is 43.9 Å². The average molecular weight is 391 g/mol. The van der Waals surface area contributed by atoms with E-state index in [9.17, 15) is 10.1 Å². The van der Waals surface area contributed by atoms with Gasteiger partial charge in [-0.25, -0.2) is 4.79 Å². The highest BCUT2D eigenvalue weighted by atomic mass is 32.1. The second-order valence-electron chi connectivity index (χ2n) is 6.45. The quantitative estimate of drug-likeness (QED) is 0.385. The standard InChI is InChI=1S/C23H21NO3S/c1-5-26-23(25)21-15(3)16(4)28-22(21)18(13-24)12-19-9-10-20(27-19)17-8-6-7-14(2)11-17/h6-12H,5H2,1-4H3. The molecule has 0 radical (unpaired) electrons. The van der Waals surface area contributed by atoms with Crippen molar-refractivity contribution in [3.63, 3.8) is 0 Å². The van der Waals surface area contributed by atoms with E-state index >= 15 is 0 Å². The highest BCUT2D eigenvalue weighted by Gasteiger charge is 2.23. The van der Waals surface area contributed by atoms with Gasteiger partial charge in [0.1, 0.15) is 17.6 Å². The molecule has 4 nitrogen and oxygen atoms in total. The number of carbonyl (C=O) groups excluding carboxylic acids is 1. The first-order valence-electron chi connectivity index (χ1n) is 9.00. The van der Waals surface area contributed by atoms with E-state index in [1.807, 2.05) is 57.2 Å². The van der Waals surface area contributed by atoms with Gasteiger partial charge in [-0.3, -0.25) is 0 Å². The van der Waals surface area contributed by atoms with Gasteiger partial charge in [0.05, 0.1) is 22.6 Å². The fourth-order valence-corrected chi connectivity index (χ4v) is 4.05. The predicted molar refractivity (Wildman–Crippen MR) is 112 cm³/mol. The normalized spacial score (nSPS) is 11.3. The lowest BCUT2D eigenvalue weighted by molar-refractivity contribution is 0.0526. The lowest BCUT2D eigenvalue weighted by atomic mass is 10.1. The Hall–Kier alpha value is -3.10. The maximum absolute atomic E-state index is 12.4. The lowest BCUT2D eigenvalue weighted by Gasteiger charge is -2.04. The Morgan fingerprint density at radius 3 is 2.71 bits per heavy atom. The third kappa shape index (κ3) is 3.92. The number of benzene rings is 1. The van der Waals surface area contributed by atoms with Crippen molar-refractivity contribution < 1.29 is 13.9 Å². The molecule has 3 aromatic rings. The van der Waals surface area contributed by atoms with Crippen LogP contribution in [0.2, 0.25) is 0 Å². The van der Waals surface area contributed by atoms with E-state index in [2.05, 4.69) is 6.07 Å². The minimum absolute atomic E-state index is 0.288. The largest absolute Gasteiger partial charge is 0.462 e. The molecule has 28 heavy (non-hydrogen) atoms. The predicted octanol–water partition coefficient (Wildman–Crippen LogP) is 6.17. The maximum atomic E-state index is 12.4. The Morgan fingerprint density at radius 1 is 1.25 bits per heavy atom. The van der Waals surface area contributed by atoms with Crippen LogP contribution in [0.25, 0.3) is 23.0 Å². The Bertz CT molecular complexity index is 1100. The molecule has 0 bridgehead atoms. The van der Waals surface area contributed by atoms with Crippen molar-refractivity contribution >= 4 is 29.0 Å². The van der Waals surface area contributed by atoms with Crippen molar-refractivity contribution in [1.82, 2.24) is 0 Å². The van der Waals surface area contributed by atoms with Crippen molar-refractivity contribution in [2.45, 2.75) is 27.7 Å². The van der Waals surface area contributed by atoms with E-state index in [0.29, 0.717) is 21.8 Å². The molecule has 142 valence electrons. The van der Waals surface area contributed by atoms with Gasteiger partial charge in [0.25, 0.3) is 0 Å². The molecular weight excluding hydrogens is 370 g/mol. The number of esters is 1. The maximum Gasteiger partial charge on any atom is 0.339 e. The van der Waals surface area contributed by atoms with Gasteiger partial charge in [-0.1, -0.05) is 23.8 Å². The van der Waals surface area contributed by atoms with Gasteiger partial charge in [-0.15, -0.1) is 11.3 Å². The van der Waals surface area contributed by atoms with Crippen LogP contribution in [0.15, 0.2) is 40.8 Å². The van der Waals surface area contributed by atoms with Crippen molar-refractivity contribution in [3.05, 3.63) is 68.6 Å². The molecule has 0 unspecified atom stereocenters. The first-order valence-corrected chi connectivity index (χ1v) is 9.82. The summed E-state index contributed by atoms with van der Waals surface area (Å²) < 4.78 is 11.1. The zero-order valence-electron chi connectivity index (χ0n) is 16.3. The van der Waals surface area contributed by atoms with E-state index in [0.717, 1.165) is 27.3 Å². The number of thiophene rings is 1. The molecule has 0 amide bonds. The van der Waals surface area contributed by atoms with E-state index in [1.54, 1.807) is 13.0 Å². The minimum atomic E-state index is -0.402. The van der Waals surface area contributed by atoms with Crippen LogP contribution in [0.3, 0.4) is 0 Å². The van der Waals surface area contributed by atoms with Gasteiger partial charge in [-0.2, -0.15) is 5.26 Å². The summed E-state index contributed by atoms with van der Waals surface area (Å²) in [6.07, 6.45) is 1.67. The number of hydrogen-bond acceptors (Lipinski definition) is 5. The highest BCUT2D eigenvalue weighted by molar-refractivity contribution is 7.13. The van der Waals surface area contributed by atoms with Crippen LogP contribution in [0, 0.1) is 32.1 Å². The molecule has 3 rings (SSSR count). The van der Waals surface area contributed by atoms with Gasteiger partial charge in [0.2, 0.25) is 0 Å². The number of nitriles is 1. The Balaban J connectivity index is 2.02. The van der Waals surface area contributed by atoms with Crippen LogP contribution >= 0.6 is 11.3 Å². The number of nitrogens with zero attached hydrogens (tertiary/aromatic N) is 1. The lowest BCUT2D eigenvalue weighted by Crippen LogP contribution is -2.07. The number of aryl methyl sites for hydroxylation is 2. The highest BCUT2D eigenvalue weighted by Crippen LogP contribution is 2.35. The summed E-state index contributed by atoms with van der Waals surface area (Å²) in [5.74, 6) is 0.892. The smallest absolute Gasteiger partial charge is 0.339 e. The molecule has 0 fully saturated rings. The van der Waals surface area contributed by atoms with Gasteiger partial charge in [0, 0.05) is 16.5 Å². The molecule has 2 heterocycles. The molecule has 0 aliphatic rings.